The average molecular weight is 464 g/mol. The van der Waals surface area contributed by atoms with E-state index >= 15 is 0 Å². The molecule has 1 aliphatic heterocycles. The maximum absolute atomic E-state index is 11.0. The fourth-order valence-corrected chi connectivity index (χ4v) is 4.15. The molecule has 3 aromatic rings. The molecule has 0 radical (unpaired) electrons. The first-order chi connectivity index (χ1) is 14.9. The highest BCUT2D eigenvalue weighted by Gasteiger charge is 2.24. The molecule has 0 aliphatic carbocycles. The molecule has 31 heavy (non-hydrogen) atoms. The number of hydrogen-bond donors (Lipinski definition) is 0. The Labute approximate surface area is 185 Å². The minimum Gasteiger partial charge on any atom is -0.493 e. The summed E-state index contributed by atoms with van der Waals surface area (Å²) in [5.41, 5.74) is 2.97. The van der Waals surface area contributed by atoms with Gasteiger partial charge in [-0.1, -0.05) is 17.7 Å². The summed E-state index contributed by atoms with van der Waals surface area (Å²) in [7, 11) is -1.89. The first-order valence-electron chi connectivity index (χ1n) is 9.71. The van der Waals surface area contributed by atoms with Gasteiger partial charge in [-0.2, -0.15) is 8.42 Å². The van der Waals surface area contributed by atoms with Crippen LogP contribution in [0, 0.1) is 0 Å². The lowest BCUT2D eigenvalue weighted by Gasteiger charge is -2.21. The minimum absolute atomic E-state index is 0.0535. The number of benzene rings is 2. The maximum Gasteiger partial charge on any atom is 0.264 e. The number of halogens is 1. The van der Waals surface area contributed by atoms with Gasteiger partial charge in [-0.3, -0.25) is 4.18 Å². The molecule has 2 aromatic carbocycles. The van der Waals surface area contributed by atoms with E-state index in [4.69, 9.17) is 25.3 Å². The van der Waals surface area contributed by atoms with Gasteiger partial charge in [0, 0.05) is 35.1 Å². The second kappa shape index (κ2) is 8.86. The van der Waals surface area contributed by atoms with E-state index in [2.05, 4.69) is 14.9 Å². The molecular formula is C21H22ClN3O5S. The van der Waals surface area contributed by atoms with Gasteiger partial charge < -0.3 is 14.4 Å². The topological polar surface area (TPSA) is 90.8 Å². The quantitative estimate of drug-likeness (QED) is 0.368. The van der Waals surface area contributed by atoms with Crippen LogP contribution in [0.1, 0.15) is 12.0 Å². The molecule has 0 saturated heterocycles. The van der Waals surface area contributed by atoms with Crippen molar-refractivity contribution in [1.82, 2.24) is 9.97 Å². The van der Waals surface area contributed by atoms with E-state index in [0.29, 0.717) is 28.5 Å². The fourth-order valence-electron chi connectivity index (χ4n) is 3.56. The van der Waals surface area contributed by atoms with Crippen LogP contribution in [0.4, 0.5) is 11.5 Å². The molecule has 0 bridgehead atoms. The standard InChI is InChI=1S/C21H22ClN3O5S/c1-28-19-11-16-17(12-20(19)29-8-3-9-30-31(2,26)27)23-13-24-21(16)25-7-6-14-4-5-15(22)10-18(14)25/h4-5,10-13H,3,6-9H2,1-2H3. The molecule has 8 nitrogen and oxygen atoms in total. The van der Waals surface area contributed by atoms with Gasteiger partial charge >= 0.3 is 0 Å². The largest absolute Gasteiger partial charge is 0.493 e. The molecule has 10 heteroatoms. The molecule has 1 aromatic heterocycles. The normalized spacial score (nSPS) is 13.5. The van der Waals surface area contributed by atoms with Crippen LogP contribution < -0.4 is 14.4 Å². The Hall–Kier alpha value is -2.62. The first kappa shape index (κ1) is 21.6. The van der Waals surface area contributed by atoms with Crippen molar-refractivity contribution < 1.29 is 22.1 Å². The number of nitrogens with zero attached hydrogens (tertiary/aromatic N) is 3. The lowest BCUT2D eigenvalue weighted by Crippen LogP contribution is -2.15. The third-order valence-electron chi connectivity index (χ3n) is 4.94. The summed E-state index contributed by atoms with van der Waals surface area (Å²) in [5, 5.41) is 1.51. The Kier molecular flexibility index (Phi) is 6.17. The van der Waals surface area contributed by atoms with Crippen molar-refractivity contribution in [2.75, 3.05) is 38.0 Å². The predicted molar refractivity (Wildman–Crippen MR) is 119 cm³/mol. The van der Waals surface area contributed by atoms with E-state index in [1.54, 1.807) is 13.2 Å². The Bertz CT molecular complexity index is 1220. The summed E-state index contributed by atoms with van der Waals surface area (Å²) in [6.45, 7) is 1.12. The van der Waals surface area contributed by atoms with Crippen LogP contribution in [-0.2, 0) is 20.7 Å². The van der Waals surface area contributed by atoms with Gasteiger partial charge in [0.2, 0.25) is 0 Å². The molecule has 0 atom stereocenters. The van der Waals surface area contributed by atoms with Gasteiger partial charge in [0.1, 0.15) is 12.1 Å². The lowest BCUT2D eigenvalue weighted by molar-refractivity contribution is 0.244. The first-order valence-corrected chi connectivity index (χ1v) is 11.9. The predicted octanol–water partition coefficient (Wildman–Crippen LogP) is 3.73. The van der Waals surface area contributed by atoms with Crippen LogP contribution in [-0.4, -0.2) is 51.5 Å². The number of methoxy groups -OCH3 is 1. The molecule has 0 saturated carbocycles. The highest BCUT2D eigenvalue weighted by atomic mass is 35.5. The van der Waals surface area contributed by atoms with Gasteiger partial charge in [0.25, 0.3) is 10.1 Å². The van der Waals surface area contributed by atoms with Crippen LogP contribution in [0.5, 0.6) is 11.5 Å². The summed E-state index contributed by atoms with van der Waals surface area (Å²) in [6.07, 6.45) is 3.86. The highest BCUT2D eigenvalue weighted by molar-refractivity contribution is 7.85. The molecular weight excluding hydrogens is 442 g/mol. The van der Waals surface area contributed by atoms with E-state index in [1.807, 2.05) is 24.3 Å². The third kappa shape index (κ3) is 4.84. The third-order valence-corrected chi connectivity index (χ3v) is 5.77. The molecule has 1 aliphatic rings. The number of anilines is 2. The van der Waals surface area contributed by atoms with Gasteiger partial charge in [0.15, 0.2) is 11.5 Å². The maximum atomic E-state index is 11.0. The second-order valence-corrected chi connectivity index (χ2v) is 9.20. The molecule has 4 rings (SSSR count). The Morgan fingerprint density at radius 2 is 1.97 bits per heavy atom. The number of fused-ring (bicyclic) bond motifs is 2. The second-order valence-electron chi connectivity index (χ2n) is 7.12. The number of rotatable bonds is 8. The van der Waals surface area contributed by atoms with Crippen LogP contribution in [0.2, 0.25) is 5.02 Å². The molecule has 0 amide bonds. The summed E-state index contributed by atoms with van der Waals surface area (Å²) in [6, 6.07) is 9.54. The molecule has 2 heterocycles. The molecule has 0 unspecified atom stereocenters. The minimum atomic E-state index is -3.46. The Balaban J connectivity index is 1.60. The molecule has 0 N–H and O–H groups in total. The number of hydrogen-bond acceptors (Lipinski definition) is 8. The van der Waals surface area contributed by atoms with E-state index in [0.717, 1.165) is 36.1 Å². The zero-order valence-corrected chi connectivity index (χ0v) is 18.7. The van der Waals surface area contributed by atoms with Crippen molar-refractivity contribution in [3.63, 3.8) is 0 Å². The van der Waals surface area contributed by atoms with Gasteiger partial charge in [-0.25, -0.2) is 9.97 Å². The summed E-state index contributed by atoms with van der Waals surface area (Å²) in [5.74, 6) is 1.83. The van der Waals surface area contributed by atoms with Crippen molar-refractivity contribution in [3.8, 4) is 11.5 Å². The monoisotopic (exact) mass is 463 g/mol. The highest BCUT2D eigenvalue weighted by Crippen LogP contribution is 2.40. The van der Waals surface area contributed by atoms with Crippen LogP contribution in [0.25, 0.3) is 10.9 Å². The van der Waals surface area contributed by atoms with Crippen molar-refractivity contribution >= 4 is 44.1 Å². The summed E-state index contributed by atoms with van der Waals surface area (Å²) in [4.78, 5) is 11.1. The van der Waals surface area contributed by atoms with Gasteiger partial charge in [-0.05, 0) is 30.2 Å². The van der Waals surface area contributed by atoms with Gasteiger partial charge in [-0.15, -0.1) is 0 Å². The van der Waals surface area contributed by atoms with E-state index < -0.39 is 10.1 Å². The van der Waals surface area contributed by atoms with Crippen LogP contribution in [0.3, 0.4) is 0 Å². The Morgan fingerprint density at radius 3 is 2.74 bits per heavy atom. The van der Waals surface area contributed by atoms with Gasteiger partial charge in [0.05, 0.1) is 32.1 Å². The smallest absolute Gasteiger partial charge is 0.264 e. The summed E-state index contributed by atoms with van der Waals surface area (Å²) < 4.78 is 38.1. The molecule has 164 valence electrons. The van der Waals surface area contributed by atoms with E-state index in [-0.39, 0.29) is 13.2 Å². The number of aromatic nitrogens is 2. The van der Waals surface area contributed by atoms with E-state index in [1.165, 1.54) is 11.9 Å². The van der Waals surface area contributed by atoms with Crippen molar-refractivity contribution in [2.45, 2.75) is 12.8 Å². The summed E-state index contributed by atoms with van der Waals surface area (Å²) >= 11 is 6.22. The zero-order chi connectivity index (χ0) is 22.0. The Morgan fingerprint density at radius 1 is 1.13 bits per heavy atom. The number of ether oxygens (including phenoxy) is 2. The van der Waals surface area contributed by atoms with Crippen LogP contribution >= 0.6 is 11.6 Å². The van der Waals surface area contributed by atoms with Crippen molar-refractivity contribution in [3.05, 3.63) is 47.2 Å². The fraction of sp³-hybridized carbons (Fsp3) is 0.333. The SMILES string of the molecule is COc1cc2c(N3CCc4ccc(Cl)cc43)ncnc2cc1OCCCOS(C)(=O)=O. The van der Waals surface area contributed by atoms with E-state index in [9.17, 15) is 8.42 Å². The lowest BCUT2D eigenvalue weighted by atomic mass is 10.1. The molecule has 0 spiro atoms. The molecule has 0 fully saturated rings. The van der Waals surface area contributed by atoms with Crippen molar-refractivity contribution in [2.24, 2.45) is 0 Å². The van der Waals surface area contributed by atoms with Crippen LogP contribution in [0.15, 0.2) is 36.7 Å². The average Bonchev–Trinajstić information content (AvgIpc) is 3.14. The van der Waals surface area contributed by atoms with Crippen molar-refractivity contribution in [1.29, 1.82) is 0 Å². The zero-order valence-electron chi connectivity index (χ0n) is 17.2.